The minimum Gasteiger partial charge on any atom is -0.305 e. The van der Waals surface area contributed by atoms with Gasteiger partial charge in [-0.3, -0.25) is 0 Å². The van der Waals surface area contributed by atoms with Crippen LogP contribution < -0.4 is 5.90 Å². The van der Waals surface area contributed by atoms with Gasteiger partial charge in [0.25, 0.3) is 0 Å². The molecule has 0 aliphatic heterocycles. The van der Waals surface area contributed by atoms with Gasteiger partial charge in [-0.1, -0.05) is 39.0 Å². The van der Waals surface area contributed by atoms with E-state index in [1.807, 2.05) is 0 Å². The van der Waals surface area contributed by atoms with E-state index in [-0.39, 0.29) is 0 Å². The topological polar surface area (TPSA) is 35.2 Å². The van der Waals surface area contributed by atoms with Crippen LogP contribution in [0.5, 0.6) is 0 Å². The van der Waals surface area contributed by atoms with E-state index in [2.05, 4.69) is 11.8 Å². The molecule has 1 aliphatic rings. The van der Waals surface area contributed by atoms with Crippen LogP contribution in [0.15, 0.2) is 0 Å². The van der Waals surface area contributed by atoms with Crippen molar-refractivity contribution < 1.29 is 4.84 Å². The summed E-state index contributed by atoms with van der Waals surface area (Å²) in [4.78, 5) is 4.60. The molecule has 0 spiro atoms. The standard InChI is InChI=1S/C10H21NO/c1-2-9-3-5-10(6-4-9)7-8-12-11/h9-10H,2-8,11H2,1H3. The van der Waals surface area contributed by atoms with Gasteiger partial charge in [-0.25, -0.2) is 5.90 Å². The molecule has 0 aromatic heterocycles. The lowest BCUT2D eigenvalue weighted by Gasteiger charge is -2.27. The summed E-state index contributed by atoms with van der Waals surface area (Å²) in [5.74, 6) is 6.88. The van der Waals surface area contributed by atoms with E-state index in [4.69, 9.17) is 5.90 Å². The minimum absolute atomic E-state index is 0.738. The maximum atomic E-state index is 5.00. The molecule has 1 fully saturated rings. The van der Waals surface area contributed by atoms with Crippen molar-refractivity contribution in [1.82, 2.24) is 0 Å². The third kappa shape index (κ3) is 3.11. The lowest BCUT2D eigenvalue weighted by molar-refractivity contribution is 0.111. The van der Waals surface area contributed by atoms with Crippen molar-refractivity contribution >= 4 is 0 Å². The van der Waals surface area contributed by atoms with Crippen molar-refractivity contribution in [3.8, 4) is 0 Å². The molecule has 1 rings (SSSR count). The van der Waals surface area contributed by atoms with E-state index in [1.165, 1.54) is 32.1 Å². The molecule has 0 aromatic carbocycles. The minimum atomic E-state index is 0.738. The lowest BCUT2D eigenvalue weighted by atomic mass is 9.80. The summed E-state index contributed by atoms with van der Waals surface area (Å²) in [5.41, 5.74) is 0. The maximum absolute atomic E-state index is 5.00. The van der Waals surface area contributed by atoms with Gasteiger partial charge in [0, 0.05) is 0 Å². The summed E-state index contributed by atoms with van der Waals surface area (Å²) in [7, 11) is 0. The van der Waals surface area contributed by atoms with Gasteiger partial charge in [-0.15, -0.1) is 0 Å². The monoisotopic (exact) mass is 171 g/mol. The summed E-state index contributed by atoms with van der Waals surface area (Å²) in [6.45, 7) is 3.04. The van der Waals surface area contributed by atoms with Gasteiger partial charge in [0.05, 0.1) is 6.61 Å². The Balaban J connectivity index is 2.09. The van der Waals surface area contributed by atoms with Crippen LogP contribution >= 0.6 is 0 Å². The predicted octanol–water partition coefficient (Wildman–Crippen LogP) is 2.48. The van der Waals surface area contributed by atoms with Crippen molar-refractivity contribution in [2.24, 2.45) is 17.7 Å². The van der Waals surface area contributed by atoms with Gasteiger partial charge in [-0.05, 0) is 18.3 Å². The van der Waals surface area contributed by atoms with E-state index in [1.54, 1.807) is 0 Å². The van der Waals surface area contributed by atoms with Crippen molar-refractivity contribution in [2.75, 3.05) is 6.61 Å². The van der Waals surface area contributed by atoms with E-state index >= 15 is 0 Å². The van der Waals surface area contributed by atoms with Crippen LogP contribution in [0.25, 0.3) is 0 Å². The molecule has 0 saturated heterocycles. The van der Waals surface area contributed by atoms with E-state index in [0.717, 1.165) is 24.9 Å². The average molecular weight is 171 g/mol. The Bertz CT molecular complexity index is 108. The Hall–Kier alpha value is -0.0800. The molecule has 0 aromatic rings. The molecular weight excluding hydrogens is 150 g/mol. The second-order valence-electron chi connectivity index (χ2n) is 3.95. The summed E-state index contributed by atoms with van der Waals surface area (Å²) in [5, 5.41) is 0. The van der Waals surface area contributed by atoms with Crippen molar-refractivity contribution in [1.29, 1.82) is 0 Å². The van der Waals surface area contributed by atoms with E-state index in [0.29, 0.717) is 0 Å². The Kier molecular flexibility index (Phi) is 4.62. The number of nitrogens with two attached hydrogens (primary N) is 1. The first-order valence-corrected chi connectivity index (χ1v) is 5.18. The highest BCUT2D eigenvalue weighted by Crippen LogP contribution is 2.32. The first kappa shape index (κ1) is 10.0. The Morgan fingerprint density at radius 3 is 2.25 bits per heavy atom. The second kappa shape index (κ2) is 5.55. The molecule has 0 heterocycles. The van der Waals surface area contributed by atoms with Crippen LogP contribution in [0.1, 0.15) is 45.4 Å². The first-order chi connectivity index (χ1) is 5.86. The van der Waals surface area contributed by atoms with E-state index in [9.17, 15) is 0 Å². The molecule has 72 valence electrons. The molecule has 0 amide bonds. The molecule has 2 nitrogen and oxygen atoms in total. The van der Waals surface area contributed by atoms with Crippen LogP contribution in [-0.2, 0) is 4.84 Å². The third-order valence-corrected chi connectivity index (χ3v) is 3.19. The largest absolute Gasteiger partial charge is 0.305 e. The van der Waals surface area contributed by atoms with Gasteiger partial charge >= 0.3 is 0 Å². The van der Waals surface area contributed by atoms with Gasteiger partial charge in [-0.2, -0.15) is 0 Å². The lowest BCUT2D eigenvalue weighted by Crippen LogP contribution is -2.16. The Morgan fingerprint density at radius 1 is 1.17 bits per heavy atom. The highest BCUT2D eigenvalue weighted by Gasteiger charge is 2.19. The van der Waals surface area contributed by atoms with Crippen molar-refractivity contribution in [3.05, 3.63) is 0 Å². The zero-order valence-corrected chi connectivity index (χ0v) is 8.09. The summed E-state index contributed by atoms with van der Waals surface area (Å²) >= 11 is 0. The molecule has 0 unspecified atom stereocenters. The fourth-order valence-corrected chi connectivity index (χ4v) is 2.16. The zero-order valence-electron chi connectivity index (χ0n) is 8.09. The molecule has 0 radical (unpaired) electrons. The molecule has 2 N–H and O–H groups in total. The number of hydrogen-bond acceptors (Lipinski definition) is 2. The number of hydrogen-bond donors (Lipinski definition) is 1. The van der Waals surface area contributed by atoms with Gasteiger partial charge in [0.15, 0.2) is 0 Å². The van der Waals surface area contributed by atoms with Crippen LogP contribution in [0.4, 0.5) is 0 Å². The van der Waals surface area contributed by atoms with Crippen molar-refractivity contribution in [3.63, 3.8) is 0 Å². The van der Waals surface area contributed by atoms with Crippen molar-refractivity contribution in [2.45, 2.75) is 45.4 Å². The van der Waals surface area contributed by atoms with E-state index < -0.39 is 0 Å². The van der Waals surface area contributed by atoms with Gasteiger partial charge in [0.2, 0.25) is 0 Å². The molecule has 0 bridgehead atoms. The smallest absolute Gasteiger partial charge is 0.0681 e. The molecule has 12 heavy (non-hydrogen) atoms. The normalized spacial score (nSPS) is 30.5. The molecule has 1 saturated carbocycles. The molecule has 2 heteroatoms. The number of rotatable bonds is 4. The SMILES string of the molecule is CCC1CCC(CCON)CC1. The van der Waals surface area contributed by atoms with Crippen LogP contribution in [-0.4, -0.2) is 6.61 Å². The maximum Gasteiger partial charge on any atom is 0.0681 e. The molecular formula is C10H21NO. The fourth-order valence-electron chi connectivity index (χ4n) is 2.16. The predicted molar refractivity (Wildman–Crippen MR) is 50.5 cm³/mol. The highest BCUT2D eigenvalue weighted by atomic mass is 16.6. The summed E-state index contributed by atoms with van der Waals surface area (Å²) in [6, 6.07) is 0. The van der Waals surface area contributed by atoms with Crippen LogP contribution in [0.2, 0.25) is 0 Å². The third-order valence-electron chi connectivity index (χ3n) is 3.19. The van der Waals surface area contributed by atoms with Crippen LogP contribution in [0, 0.1) is 11.8 Å². The molecule has 1 aliphatic carbocycles. The fraction of sp³-hybridized carbons (Fsp3) is 1.00. The van der Waals surface area contributed by atoms with Crippen LogP contribution in [0.3, 0.4) is 0 Å². The molecule has 0 atom stereocenters. The average Bonchev–Trinajstić information content (AvgIpc) is 2.15. The van der Waals surface area contributed by atoms with Gasteiger partial charge in [0.1, 0.15) is 0 Å². The quantitative estimate of drug-likeness (QED) is 0.659. The second-order valence-corrected chi connectivity index (χ2v) is 3.95. The van der Waals surface area contributed by atoms with Gasteiger partial charge < -0.3 is 4.84 Å². The zero-order chi connectivity index (χ0) is 8.81. The summed E-state index contributed by atoms with van der Waals surface area (Å²) < 4.78 is 0. The highest BCUT2D eigenvalue weighted by molar-refractivity contribution is 4.71. The Morgan fingerprint density at radius 2 is 1.75 bits per heavy atom. The Labute approximate surface area is 75.4 Å². The summed E-state index contributed by atoms with van der Waals surface area (Å²) in [6.07, 6.45) is 8.15. The first-order valence-electron chi connectivity index (χ1n) is 5.18.